The highest BCUT2D eigenvalue weighted by molar-refractivity contribution is 6.33. The number of nitrogens with zero attached hydrogens (tertiary/aromatic N) is 2. The standard InChI is InChI=1S/C15H22ClN3O/c1-12(20)18-7-4-8-19(10-9-18)15-13(11-17-2)5-3-6-14(15)16/h3,5-6,17H,4,7-11H2,1-2H3. The summed E-state index contributed by atoms with van der Waals surface area (Å²) in [4.78, 5) is 15.7. The number of carbonyl (C=O) groups excluding carboxylic acids is 1. The monoisotopic (exact) mass is 295 g/mol. The van der Waals surface area contributed by atoms with Gasteiger partial charge in [0.05, 0.1) is 10.7 Å². The molecule has 1 N–H and O–H groups in total. The Morgan fingerprint density at radius 3 is 2.80 bits per heavy atom. The summed E-state index contributed by atoms with van der Waals surface area (Å²) in [5.41, 5.74) is 2.31. The molecule has 1 fully saturated rings. The Balaban J connectivity index is 2.21. The Bertz CT molecular complexity index is 478. The second-order valence-corrected chi connectivity index (χ2v) is 5.53. The molecule has 5 heteroatoms. The van der Waals surface area contributed by atoms with Crippen molar-refractivity contribution in [2.45, 2.75) is 19.9 Å². The molecule has 0 aromatic heterocycles. The van der Waals surface area contributed by atoms with Crippen molar-refractivity contribution >= 4 is 23.2 Å². The second kappa shape index (κ2) is 6.95. The van der Waals surface area contributed by atoms with Crippen molar-refractivity contribution in [2.75, 3.05) is 38.1 Å². The Morgan fingerprint density at radius 2 is 2.10 bits per heavy atom. The molecule has 1 amide bonds. The maximum Gasteiger partial charge on any atom is 0.219 e. The average molecular weight is 296 g/mol. The van der Waals surface area contributed by atoms with Crippen molar-refractivity contribution in [1.29, 1.82) is 0 Å². The van der Waals surface area contributed by atoms with Crippen LogP contribution in [0.1, 0.15) is 18.9 Å². The van der Waals surface area contributed by atoms with Gasteiger partial charge in [-0.25, -0.2) is 0 Å². The first-order chi connectivity index (χ1) is 9.63. The molecule has 0 aliphatic carbocycles. The number of halogens is 1. The number of anilines is 1. The van der Waals surface area contributed by atoms with E-state index in [1.54, 1.807) is 6.92 Å². The highest BCUT2D eigenvalue weighted by Gasteiger charge is 2.20. The Hall–Kier alpha value is -1.26. The van der Waals surface area contributed by atoms with Crippen LogP contribution in [0.15, 0.2) is 18.2 Å². The van der Waals surface area contributed by atoms with E-state index in [1.165, 1.54) is 5.56 Å². The lowest BCUT2D eigenvalue weighted by molar-refractivity contribution is -0.128. The fourth-order valence-electron chi connectivity index (χ4n) is 2.70. The predicted molar refractivity (Wildman–Crippen MR) is 83.3 cm³/mol. The van der Waals surface area contributed by atoms with Gasteiger partial charge in [0.25, 0.3) is 0 Å². The van der Waals surface area contributed by atoms with E-state index < -0.39 is 0 Å². The maximum absolute atomic E-state index is 11.5. The van der Waals surface area contributed by atoms with Gasteiger partial charge in [-0.2, -0.15) is 0 Å². The van der Waals surface area contributed by atoms with Crippen LogP contribution in [-0.4, -0.2) is 44.0 Å². The van der Waals surface area contributed by atoms with Crippen LogP contribution < -0.4 is 10.2 Å². The number of benzene rings is 1. The number of para-hydroxylation sites is 1. The van der Waals surface area contributed by atoms with Crippen molar-refractivity contribution in [3.05, 3.63) is 28.8 Å². The number of hydrogen-bond acceptors (Lipinski definition) is 3. The quantitative estimate of drug-likeness (QED) is 0.928. The lowest BCUT2D eigenvalue weighted by atomic mass is 10.1. The molecule has 0 bridgehead atoms. The molecule has 1 saturated heterocycles. The van der Waals surface area contributed by atoms with Gasteiger partial charge in [-0.15, -0.1) is 0 Å². The molecule has 0 saturated carbocycles. The first-order valence-corrected chi connectivity index (χ1v) is 7.43. The van der Waals surface area contributed by atoms with Gasteiger partial charge in [-0.3, -0.25) is 4.79 Å². The van der Waals surface area contributed by atoms with Crippen LogP contribution in [0.2, 0.25) is 5.02 Å². The van der Waals surface area contributed by atoms with Gasteiger partial charge in [-0.05, 0) is 25.1 Å². The molecule has 1 aromatic carbocycles. The normalized spacial score (nSPS) is 16.1. The van der Waals surface area contributed by atoms with E-state index in [4.69, 9.17) is 11.6 Å². The lowest BCUT2D eigenvalue weighted by Gasteiger charge is -2.27. The van der Waals surface area contributed by atoms with E-state index >= 15 is 0 Å². The minimum atomic E-state index is 0.154. The first-order valence-electron chi connectivity index (χ1n) is 7.06. The number of hydrogen-bond donors (Lipinski definition) is 1. The van der Waals surface area contributed by atoms with Gasteiger partial charge < -0.3 is 15.1 Å². The van der Waals surface area contributed by atoms with Crippen molar-refractivity contribution in [3.63, 3.8) is 0 Å². The third-order valence-electron chi connectivity index (χ3n) is 3.70. The van der Waals surface area contributed by atoms with Crippen molar-refractivity contribution in [2.24, 2.45) is 0 Å². The lowest BCUT2D eigenvalue weighted by Crippen LogP contribution is -2.34. The van der Waals surface area contributed by atoms with Gasteiger partial charge in [-0.1, -0.05) is 23.7 Å². The fourth-order valence-corrected chi connectivity index (χ4v) is 3.02. The van der Waals surface area contributed by atoms with Crippen molar-refractivity contribution < 1.29 is 4.79 Å². The van der Waals surface area contributed by atoms with E-state index in [0.717, 1.165) is 49.9 Å². The van der Waals surface area contributed by atoms with Crippen LogP contribution in [0.3, 0.4) is 0 Å². The van der Waals surface area contributed by atoms with Gasteiger partial charge in [0.1, 0.15) is 0 Å². The van der Waals surface area contributed by atoms with Gasteiger partial charge in [0.15, 0.2) is 0 Å². The molecule has 2 rings (SSSR count). The van der Waals surface area contributed by atoms with E-state index in [1.807, 2.05) is 24.1 Å². The summed E-state index contributed by atoms with van der Waals surface area (Å²) < 4.78 is 0. The topological polar surface area (TPSA) is 35.6 Å². The molecule has 1 aromatic rings. The van der Waals surface area contributed by atoms with Crippen LogP contribution in [0.5, 0.6) is 0 Å². The van der Waals surface area contributed by atoms with Crippen LogP contribution in [0.4, 0.5) is 5.69 Å². The van der Waals surface area contributed by atoms with Crippen LogP contribution in [-0.2, 0) is 11.3 Å². The van der Waals surface area contributed by atoms with E-state index in [-0.39, 0.29) is 5.91 Å². The highest BCUT2D eigenvalue weighted by atomic mass is 35.5. The molecule has 0 spiro atoms. The van der Waals surface area contributed by atoms with Crippen LogP contribution >= 0.6 is 11.6 Å². The summed E-state index contributed by atoms with van der Waals surface area (Å²) in [6, 6.07) is 6.02. The number of carbonyl (C=O) groups is 1. The largest absolute Gasteiger partial charge is 0.368 e. The summed E-state index contributed by atoms with van der Waals surface area (Å²) >= 11 is 6.40. The molecule has 0 atom stereocenters. The highest BCUT2D eigenvalue weighted by Crippen LogP contribution is 2.30. The third kappa shape index (κ3) is 3.44. The van der Waals surface area contributed by atoms with Crippen molar-refractivity contribution in [3.8, 4) is 0 Å². The Labute approximate surface area is 125 Å². The van der Waals surface area contributed by atoms with Gasteiger partial charge >= 0.3 is 0 Å². The van der Waals surface area contributed by atoms with Crippen LogP contribution in [0.25, 0.3) is 0 Å². The minimum Gasteiger partial charge on any atom is -0.368 e. The number of nitrogens with one attached hydrogen (secondary N) is 1. The van der Waals surface area contributed by atoms with Crippen molar-refractivity contribution in [1.82, 2.24) is 10.2 Å². The molecule has 4 nitrogen and oxygen atoms in total. The third-order valence-corrected chi connectivity index (χ3v) is 4.00. The Morgan fingerprint density at radius 1 is 1.30 bits per heavy atom. The molecular weight excluding hydrogens is 274 g/mol. The molecular formula is C15H22ClN3O. The molecule has 1 aliphatic heterocycles. The number of amides is 1. The van der Waals surface area contributed by atoms with E-state index in [2.05, 4.69) is 16.3 Å². The summed E-state index contributed by atoms with van der Waals surface area (Å²) in [5.74, 6) is 0.154. The zero-order chi connectivity index (χ0) is 14.5. The van der Waals surface area contributed by atoms with Crippen LogP contribution in [0, 0.1) is 0 Å². The number of rotatable bonds is 3. The second-order valence-electron chi connectivity index (χ2n) is 5.12. The predicted octanol–water partition coefficient (Wildman–Crippen LogP) is 2.12. The molecule has 0 radical (unpaired) electrons. The summed E-state index contributed by atoms with van der Waals surface area (Å²) in [6.07, 6.45) is 0.976. The fraction of sp³-hybridized carbons (Fsp3) is 0.533. The summed E-state index contributed by atoms with van der Waals surface area (Å²) in [6.45, 7) is 5.79. The zero-order valence-electron chi connectivity index (χ0n) is 12.2. The minimum absolute atomic E-state index is 0.154. The van der Waals surface area contributed by atoms with Gasteiger partial charge in [0, 0.05) is 39.6 Å². The van der Waals surface area contributed by atoms with Gasteiger partial charge in [0.2, 0.25) is 5.91 Å². The molecule has 20 heavy (non-hydrogen) atoms. The summed E-state index contributed by atoms with van der Waals surface area (Å²) in [7, 11) is 1.94. The molecule has 1 aliphatic rings. The smallest absolute Gasteiger partial charge is 0.219 e. The molecule has 110 valence electrons. The molecule has 1 heterocycles. The SMILES string of the molecule is CNCc1cccc(Cl)c1N1CCCN(C(C)=O)CC1. The average Bonchev–Trinajstić information content (AvgIpc) is 2.65. The first kappa shape index (κ1) is 15.1. The molecule has 0 unspecified atom stereocenters. The Kier molecular flexibility index (Phi) is 5.26. The maximum atomic E-state index is 11.5. The van der Waals surface area contributed by atoms with E-state index in [0.29, 0.717) is 0 Å². The van der Waals surface area contributed by atoms with E-state index in [9.17, 15) is 4.79 Å². The zero-order valence-corrected chi connectivity index (χ0v) is 12.9. The summed E-state index contributed by atoms with van der Waals surface area (Å²) in [5, 5.41) is 3.97.